The highest BCUT2D eigenvalue weighted by molar-refractivity contribution is 6.07. The number of carbonyl (C=O) groups is 2. The molecule has 1 heterocycles. The number of rotatable bonds is 10. The molecule has 0 spiro atoms. The van der Waals surface area contributed by atoms with Crippen LogP contribution < -0.4 is 10.1 Å². The number of unbranched alkanes of at least 4 members (excludes halogenated alkanes) is 1. The van der Waals surface area contributed by atoms with Gasteiger partial charge >= 0.3 is 6.03 Å². The standard InChI is InChI=1S/C23H28FN3O3/c1-3-4-14-23(18-10-12-19(24)13-11-18)21(28)27(22(29)25-23)17-26(2)15-16-30-20-8-6-5-7-9-20/h5-13H,3-4,14-17H2,1-2H3,(H,25,29)/t23-/m0/s1. The smallest absolute Gasteiger partial charge is 0.326 e. The monoisotopic (exact) mass is 413 g/mol. The van der Waals surface area contributed by atoms with Gasteiger partial charge in [-0.3, -0.25) is 9.69 Å². The van der Waals surface area contributed by atoms with Crippen molar-refractivity contribution in [2.24, 2.45) is 0 Å². The molecule has 0 aliphatic carbocycles. The summed E-state index contributed by atoms with van der Waals surface area (Å²) in [5.41, 5.74) is -0.546. The molecule has 1 atom stereocenters. The number of imide groups is 1. The molecular formula is C23H28FN3O3. The third-order valence-electron chi connectivity index (χ3n) is 5.29. The van der Waals surface area contributed by atoms with Gasteiger partial charge in [0.2, 0.25) is 0 Å². The minimum Gasteiger partial charge on any atom is -0.492 e. The Morgan fingerprint density at radius 1 is 1.10 bits per heavy atom. The van der Waals surface area contributed by atoms with Crippen molar-refractivity contribution in [1.82, 2.24) is 15.1 Å². The molecule has 160 valence electrons. The van der Waals surface area contributed by atoms with Crippen molar-refractivity contribution < 1.29 is 18.7 Å². The lowest BCUT2D eigenvalue weighted by atomic mass is 9.85. The summed E-state index contributed by atoms with van der Waals surface area (Å²) >= 11 is 0. The summed E-state index contributed by atoms with van der Waals surface area (Å²) in [4.78, 5) is 29.1. The highest BCUT2D eigenvalue weighted by atomic mass is 19.1. The highest BCUT2D eigenvalue weighted by Crippen LogP contribution is 2.34. The summed E-state index contributed by atoms with van der Waals surface area (Å²) in [5, 5.41) is 2.88. The molecule has 30 heavy (non-hydrogen) atoms. The Morgan fingerprint density at radius 2 is 1.80 bits per heavy atom. The maximum Gasteiger partial charge on any atom is 0.326 e. The van der Waals surface area contributed by atoms with Gasteiger partial charge in [0.15, 0.2) is 0 Å². The van der Waals surface area contributed by atoms with E-state index < -0.39 is 11.6 Å². The Hall–Kier alpha value is -2.93. The zero-order valence-electron chi connectivity index (χ0n) is 17.4. The first-order chi connectivity index (χ1) is 14.5. The van der Waals surface area contributed by atoms with E-state index in [-0.39, 0.29) is 18.4 Å². The van der Waals surface area contributed by atoms with E-state index in [1.165, 1.54) is 17.0 Å². The van der Waals surface area contributed by atoms with Gasteiger partial charge in [-0.05, 0) is 43.3 Å². The minimum atomic E-state index is -1.15. The maximum atomic E-state index is 13.4. The SMILES string of the molecule is CCCC[C@@]1(c2ccc(F)cc2)NC(=O)N(CN(C)CCOc2ccccc2)C1=O. The fourth-order valence-electron chi connectivity index (χ4n) is 3.59. The summed E-state index contributed by atoms with van der Waals surface area (Å²) in [5.74, 6) is 0.0929. The first kappa shape index (κ1) is 21.8. The molecule has 1 fully saturated rings. The topological polar surface area (TPSA) is 61.9 Å². The fraction of sp³-hybridized carbons (Fsp3) is 0.391. The molecule has 0 unspecified atom stereocenters. The molecule has 1 aliphatic rings. The molecule has 6 nitrogen and oxygen atoms in total. The normalized spacial score (nSPS) is 18.7. The van der Waals surface area contributed by atoms with E-state index in [9.17, 15) is 14.0 Å². The molecule has 3 amide bonds. The number of nitrogens with zero attached hydrogens (tertiary/aromatic N) is 2. The van der Waals surface area contributed by atoms with Gasteiger partial charge in [0.1, 0.15) is 23.7 Å². The van der Waals surface area contributed by atoms with E-state index >= 15 is 0 Å². The largest absolute Gasteiger partial charge is 0.492 e. The third-order valence-corrected chi connectivity index (χ3v) is 5.29. The molecular weight excluding hydrogens is 385 g/mol. The first-order valence-electron chi connectivity index (χ1n) is 10.2. The minimum absolute atomic E-state index is 0.151. The quantitative estimate of drug-likeness (QED) is 0.603. The van der Waals surface area contributed by atoms with Crippen LogP contribution in [0.2, 0.25) is 0 Å². The zero-order chi connectivity index (χ0) is 21.6. The molecule has 1 saturated heterocycles. The van der Waals surface area contributed by atoms with Crippen molar-refractivity contribution in [2.45, 2.75) is 31.7 Å². The van der Waals surface area contributed by atoms with Crippen LogP contribution in [0, 0.1) is 5.82 Å². The van der Waals surface area contributed by atoms with Crippen LogP contribution in [-0.2, 0) is 10.3 Å². The summed E-state index contributed by atoms with van der Waals surface area (Å²) in [6.07, 6.45) is 2.11. The lowest BCUT2D eigenvalue weighted by molar-refractivity contribution is -0.133. The second-order valence-corrected chi connectivity index (χ2v) is 7.56. The molecule has 2 aromatic rings. The Labute approximate surface area is 176 Å². The Bertz CT molecular complexity index is 860. The number of nitrogens with one attached hydrogen (secondary N) is 1. The van der Waals surface area contributed by atoms with Gasteiger partial charge < -0.3 is 10.1 Å². The van der Waals surface area contributed by atoms with Gasteiger partial charge in [0.25, 0.3) is 5.91 Å². The van der Waals surface area contributed by atoms with Crippen LogP contribution in [0.1, 0.15) is 31.7 Å². The molecule has 1 N–H and O–H groups in total. The van der Waals surface area contributed by atoms with Crippen molar-refractivity contribution in [2.75, 3.05) is 26.9 Å². The second kappa shape index (κ2) is 9.71. The number of halogens is 1. The number of hydrogen-bond acceptors (Lipinski definition) is 4. The van der Waals surface area contributed by atoms with Crippen molar-refractivity contribution in [3.05, 3.63) is 66.0 Å². The molecule has 3 rings (SSSR count). The van der Waals surface area contributed by atoms with Gasteiger partial charge in [0.05, 0.1) is 6.67 Å². The van der Waals surface area contributed by atoms with Crippen LogP contribution in [0.25, 0.3) is 0 Å². The Kier molecular flexibility index (Phi) is 7.05. The predicted molar refractivity (Wildman–Crippen MR) is 112 cm³/mol. The van der Waals surface area contributed by atoms with Gasteiger partial charge in [-0.25, -0.2) is 14.1 Å². The van der Waals surface area contributed by atoms with Gasteiger partial charge in [0, 0.05) is 6.54 Å². The second-order valence-electron chi connectivity index (χ2n) is 7.56. The number of likely N-dealkylation sites (N-methyl/N-ethyl adjacent to an activating group) is 1. The lowest BCUT2D eigenvalue weighted by Gasteiger charge is -2.28. The molecule has 0 radical (unpaired) electrons. The number of urea groups is 1. The zero-order valence-corrected chi connectivity index (χ0v) is 17.4. The maximum absolute atomic E-state index is 13.4. The summed E-state index contributed by atoms with van der Waals surface area (Å²) < 4.78 is 19.1. The summed E-state index contributed by atoms with van der Waals surface area (Å²) in [7, 11) is 1.83. The molecule has 2 aromatic carbocycles. The van der Waals surface area contributed by atoms with Crippen LogP contribution in [0.3, 0.4) is 0 Å². The van der Waals surface area contributed by atoms with Crippen LogP contribution in [0.4, 0.5) is 9.18 Å². The number of hydrogen-bond donors (Lipinski definition) is 1. The van der Waals surface area contributed by atoms with Gasteiger partial charge in [-0.1, -0.05) is 50.1 Å². The number of carbonyl (C=O) groups excluding carboxylic acids is 2. The van der Waals surface area contributed by atoms with E-state index in [0.29, 0.717) is 25.1 Å². The van der Waals surface area contributed by atoms with Crippen LogP contribution in [-0.4, -0.2) is 48.6 Å². The molecule has 0 aromatic heterocycles. The average molecular weight is 413 g/mol. The number of ether oxygens (including phenoxy) is 1. The van der Waals surface area contributed by atoms with E-state index in [4.69, 9.17) is 4.74 Å². The predicted octanol–water partition coefficient (Wildman–Crippen LogP) is 3.73. The number of amides is 3. The van der Waals surface area contributed by atoms with E-state index in [1.54, 1.807) is 12.1 Å². The van der Waals surface area contributed by atoms with Crippen LogP contribution in [0.5, 0.6) is 5.75 Å². The highest BCUT2D eigenvalue weighted by Gasteiger charge is 2.51. The van der Waals surface area contributed by atoms with Crippen molar-refractivity contribution in [1.29, 1.82) is 0 Å². The molecule has 1 aliphatic heterocycles. The van der Waals surface area contributed by atoms with E-state index in [2.05, 4.69) is 5.32 Å². The third kappa shape index (κ3) is 4.79. The Balaban J connectivity index is 1.67. The van der Waals surface area contributed by atoms with Crippen LogP contribution in [0.15, 0.2) is 54.6 Å². The van der Waals surface area contributed by atoms with Crippen molar-refractivity contribution in [3.63, 3.8) is 0 Å². The van der Waals surface area contributed by atoms with Crippen molar-refractivity contribution in [3.8, 4) is 5.75 Å². The Morgan fingerprint density at radius 3 is 2.47 bits per heavy atom. The molecule has 7 heteroatoms. The number of para-hydroxylation sites is 1. The average Bonchev–Trinajstić information content (AvgIpc) is 2.98. The van der Waals surface area contributed by atoms with Gasteiger partial charge in [-0.15, -0.1) is 0 Å². The molecule has 0 saturated carbocycles. The van der Waals surface area contributed by atoms with E-state index in [1.807, 2.05) is 49.2 Å². The molecule has 0 bridgehead atoms. The number of benzene rings is 2. The first-order valence-corrected chi connectivity index (χ1v) is 10.2. The van der Waals surface area contributed by atoms with Crippen molar-refractivity contribution >= 4 is 11.9 Å². The summed E-state index contributed by atoms with van der Waals surface area (Å²) in [6, 6.07) is 14.8. The fourth-order valence-corrected chi connectivity index (χ4v) is 3.59. The summed E-state index contributed by atoms with van der Waals surface area (Å²) in [6.45, 7) is 3.16. The van der Waals surface area contributed by atoms with Crippen LogP contribution >= 0.6 is 0 Å². The van der Waals surface area contributed by atoms with E-state index in [0.717, 1.165) is 18.6 Å². The lowest BCUT2D eigenvalue weighted by Crippen LogP contribution is -2.45. The van der Waals surface area contributed by atoms with Gasteiger partial charge in [-0.2, -0.15) is 0 Å².